The van der Waals surface area contributed by atoms with Crippen LogP contribution in [0.3, 0.4) is 0 Å². The van der Waals surface area contributed by atoms with Gasteiger partial charge in [0.2, 0.25) is 9.05 Å². The van der Waals surface area contributed by atoms with Gasteiger partial charge in [-0.15, -0.1) is 0 Å². The predicted octanol–water partition coefficient (Wildman–Crippen LogP) is 1.58. The van der Waals surface area contributed by atoms with Crippen LogP contribution in [0.5, 0.6) is 0 Å². The van der Waals surface area contributed by atoms with Crippen molar-refractivity contribution in [3.63, 3.8) is 0 Å². The van der Waals surface area contributed by atoms with E-state index in [2.05, 4.69) is 5.32 Å². The van der Waals surface area contributed by atoms with Crippen LogP contribution in [0.25, 0.3) is 0 Å². The third kappa shape index (κ3) is 3.75. The number of hydrogen-bond acceptors (Lipinski definition) is 3. The van der Waals surface area contributed by atoms with Gasteiger partial charge in [0.15, 0.2) is 0 Å². The van der Waals surface area contributed by atoms with Gasteiger partial charge < -0.3 is 5.32 Å². The average Bonchev–Trinajstić information content (AvgIpc) is 2.01. The zero-order valence-corrected chi connectivity index (χ0v) is 10.3. The van der Waals surface area contributed by atoms with E-state index in [1.165, 1.54) is 0 Å². The Kier molecular flexibility index (Phi) is 3.83. The minimum Gasteiger partial charge on any atom is -0.316 e. The molecule has 1 rings (SSSR count). The lowest BCUT2D eigenvalue weighted by molar-refractivity contribution is 0.197. The largest absolute Gasteiger partial charge is 0.316 e. The van der Waals surface area contributed by atoms with E-state index in [0.29, 0.717) is 5.92 Å². The third-order valence-electron chi connectivity index (χ3n) is 2.95. The van der Waals surface area contributed by atoms with Crippen LogP contribution in [0.15, 0.2) is 0 Å². The lowest BCUT2D eigenvalue weighted by Crippen LogP contribution is -2.41. The molecular weight excluding hydrogens is 222 g/mol. The van der Waals surface area contributed by atoms with Crippen LogP contribution in [-0.4, -0.2) is 27.3 Å². The first kappa shape index (κ1) is 12.3. The second kappa shape index (κ2) is 4.37. The molecule has 1 unspecified atom stereocenters. The van der Waals surface area contributed by atoms with Crippen molar-refractivity contribution in [3.8, 4) is 0 Å². The molecule has 0 radical (unpaired) electrons. The highest BCUT2D eigenvalue weighted by molar-refractivity contribution is 8.13. The Morgan fingerprint density at radius 2 is 2.14 bits per heavy atom. The van der Waals surface area contributed by atoms with Crippen LogP contribution in [0.1, 0.15) is 26.7 Å². The van der Waals surface area contributed by atoms with E-state index >= 15 is 0 Å². The van der Waals surface area contributed by atoms with Crippen molar-refractivity contribution in [1.82, 2.24) is 5.32 Å². The van der Waals surface area contributed by atoms with Gasteiger partial charge in [0.05, 0.1) is 5.75 Å². The zero-order chi connectivity index (χ0) is 10.8. The summed E-state index contributed by atoms with van der Waals surface area (Å²) in [6.45, 7) is 5.90. The molecule has 1 saturated heterocycles. The zero-order valence-electron chi connectivity index (χ0n) is 8.72. The monoisotopic (exact) mass is 239 g/mol. The molecule has 0 aromatic heterocycles. The maximum atomic E-state index is 11.0. The molecule has 1 aliphatic rings. The Hall–Kier alpha value is 0.200. The number of piperidine rings is 1. The third-order valence-corrected chi connectivity index (χ3v) is 4.36. The lowest BCUT2D eigenvalue weighted by Gasteiger charge is -2.36. The van der Waals surface area contributed by atoms with Gasteiger partial charge in [0.25, 0.3) is 0 Å². The fourth-order valence-corrected chi connectivity index (χ4v) is 4.05. The number of rotatable bonds is 3. The van der Waals surface area contributed by atoms with Crippen LogP contribution in [0.4, 0.5) is 0 Å². The molecule has 0 bridgehead atoms. The first-order valence-corrected chi connectivity index (χ1v) is 7.42. The number of hydrogen-bond donors (Lipinski definition) is 1. The van der Waals surface area contributed by atoms with Crippen LogP contribution < -0.4 is 5.32 Å². The van der Waals surface area contributed by atoms with Gasteiger partial charge in [-0.1, -0.05) is 13.8 Å². The maximum absolute atomic E-state index is 11.0. The SMILES string of the molecule is CC(C)(CS(=O)(=O)Cl)C1CCCNC1. The molecule has 0 aromatic carbocycles. The summed E-state index contributed by atoms with van der Waals surface area (Å²) in [5.41, 5.74) is -0.228. The molecule has 0 spiro atoms. The van der Waals surface area contributed by atoms with Crippen molar-refractivity contribution in [2.24, 2.45) is 11.3 Å². The van der Waals surface area contributed by atoms with E-state index < -0.39 is 9.05 Å². The summed E-state index contributed by atoms with van der Waals surface area (Å²) in [6, 6.07) is 0. The van der Waals surface area contributed by atoms with E-state index in [9.17, 15) is 8.42 Å². The molecule has 0 aromatic rings. The van der Waals surface area contributed by atoms with Gasteiger partial charge in [-0.2, -0.15) is 0 Å². The molecule has 3 nitrogen and oxygen atoms in total. The summed E-state index contributed by atoms with van der Waals surface area (Å²) in [6.07, 6.45) is 2.21. The van der Waals surface area contributed by atoms with Crippen molar-refractivity contribution in [2.45, 2.75) is 26.7 Å². The first-order chi connectivity index (χ1) is 6.31. The number of nitrogens with one attached hydrogen (secondary N) is 1. The quantitative estimate of drug-likeness (QED) is 0.761. The Balaban J connectivity index is 2.63. The molecule has 1 aliphatic heterocycles. The summed E-state index contributed by atoms with van der Waals surface area (Å²) < 4.78 is 22.1. The van der Waals surface area contributed by atoms with Gasteiger partial charge in [-0.25, -0.2) is 8.42 Å². The van der Waals surface area contributed by atoms with E-state index in [-0.39, 0.29) is 11.2 Å². The second-order valence-corrected chi connectivity index (χ2v) is 7.49. The van der Waals surface area contributed by atoms with E-state index in [0.717, 1.165) is 25.9 Å². The van der Waals surface area contributed by atoms with Crippen LogP contribution >= 0.6 is 10.7 Å². The van der Waals surface area contributed by atoms with Crippen molar-refractivity contribution in [1.29, 1.82) is 0 Å². The molecule has 0 saturated carbocycles. The molecule has 0 amide bonds. The van der Waals surface area contributed by atoms with Crippen molar-refractivity contribution in [3.05, 3.63) is 0 Å². The van der Waals surface area contributed by atoms with E-state index in [4.69, 9.17) is 10.7 Å². The normalized spacial score (nSPS) is 24.9. The minimum absolute atomic E-state index is 0.0634. The summed E-state index contributed by atoms with van der Waals surface area (Å²) >= 11 is 0. The highest BCUT2D eigenvalue weighted by atomic mass is 35.7. The Morgan fingerprint density at radius 3 is 2.57 bits per heavy atom. The van der Waals surface area contributed by atoms with Gasteiger partial charge in [-0.3, -0.25) is 0 Å². The molecule has 14 heavy (non-hydrogen) atoms. The van der Waals surface area contributed by atoms with Crippen molar-refractivity contribution < 1.29 is 8.42 Å². The van der Waals surface area contributed by atoms with Crippen molar-refractivity contribution >= 4 is 19.7 Å². The highest BCUT2D eigenvalue weighted by Crippen LogP contribution is 2.33. The summed E-state index contributed by atoms with van der Waals surface area (Å²) in [5.74, 6) is 0.471. The highest BCUT2D eigenvalue weighted by Gasteiger charge is 2.34. The fourth-order valence-electron chi connectivity index (χ4n) is 2.08. The van der Waals surface area contributed by atoms with Crippen LogP contribution in [0.2, 0.25) is 0 Å². The van der Waals surface area contributed by atoms with E-state index in [1.54, 1.807) is 0 Å². The predicted molar refractivity (Wildman–Crippen MR) is 59.0 cm³/mol. The molecule has 84 valence electrons. The van der Waals surface area contributed by atoms with Gasteiger partial charge >= 0.3 is 0 Å². The van der Waals surface area contributed by atoms with Gasteiger partial charge in [0.1, 0.15) is 0 Å². The van der Waals surface area contributed by atoms with Crippen molar-refractivity contribution in [2.75, 3.05) is 18.8 Å². The molecule has 1 fully saturated rings. The Labute approximate surface area is 90.6 Å². The summed E-state index contributed by atoms with van der Waals surface area (Å²) in [7, 11) is 1.90. The minimum atomic E-state index is -3.39. The van der Waals surface area contributed by atoms with Gasteiger partial charge in [-0.05, 0) is 37.3 Å². The van der Waals surface area contributed by atoms with Gasteiger partial charge in [0, 0.05) is 10.7 Å². The molecular formula is C9H18ClNO2S. The van der Waals surface area contributed by atoms with Crippen LogP contribution in [-0.2, 0) is 9.05 Å². The molecule has 1 N–H and O–H groups in total. The molecule has 1 heterocycles. The smallest absolute Gasteiger partial charge is 0.233 e. The Bertz CT molecular complexity index is 281. The standard InChI is InChI=1S/C9H18ClNO2S/c1-9(2,7-14(10,12)13)8-4-3-5-11-6-8/h8,11H,3-7H2,1-2H3. The lowest BCUT2D eigenvalue weighted by atomic mass is 9.76. The summed E-state index contributed by atoms with van der Waals surface area (Å²) in [4.78, 5) is 0. The molecule has 5 heteroatoms. The molecule has 1 atom stereocenters. The fraction of sp³-hybridized carbons (Fsp3) is 1.00. The van der Waals surface area contributed by atoms with Crippen LogP contribution in [0, 0.1) is 11.3 Å². The maximum Gasteiger partial charge on any atom is 0.233 e. The average molecular weight is 240 g/mol. The topological polar surface area (TPSA) is 46.2 Å². The second-order valence-electron chi connectivity index (χ2n) is 4.72. The Morgan fingerprint density at radius 1 is 1.50 bits per heavy atom. The number of halogens is 1. The van der Waals surface area contributed by atoms with E-state index in [1.807, 2.05) is 13.8 Å². The molecule has 0 aliphatic carbocycles. The first-order valence-electron chi connectivity index (χ1n) is 4.94. The summed E-state index contributed by atoms with van der Waals surface area (Å²) in [5, 5.41) is 3.29.